The van der Waals surface area contributed by atoms with E-state index in [1.165, 1.54) is 0 Å². The lowest BCUT2D eigenvalue weighted by Crippen LogP contribution is -2.21. The van der Waals surface area contributed by atoms with Crippen LogP contribution >= 0.6 is 15.9 Å². The number of aliphatic hydroxyl groups is 2. The van der Waals surface area contributed by atoms with E-state index in [0.717, 1.165) is 0 Å². The van der Waals surface area contributed by atoms with E-state index in [-0.39, 0.29) is 5.33 Å². The Labute approximate surface area is 93.1 Å². The van der Waals surface area contributed by atoms with Crippen LogP contribution in [0.3, 0.4) is 0 Å². The first-order chi connectivity index (χ1) is 6.97. The standard InChI is InChI=1S/C9H9BrF2O3/c10-3-7(14)9(15)8-5(11)1-4(13)2-6(8)12/h1-2,7,9,13-15H,3H2. The Morgan fingerprint density at radius 3 is 2.07 bits per heavy atom. The van der Waals surface area contributed by atoms with E-state index in [2.05, 4.69) is 15.9 Å². The molecule has 3 nitrogen and oxygen atoms in total. The fourth-order valence-electron chi connectivity index (χ4n) is 1.13. The zero-order valence-electron chi connectivity index (χ0n) is 7.49. The molecule has 0 spiro atoms. The van der Waals surface area contributed by atoms with Crippen molar-refractivity contribution in [3.8, 4) is 5.75 Å². The maximum absolute atomic E-state index is 13.2. The van der Waals surface area contributed by atoms with Crippen LogP contribution in [-0.4, -0.2) is 26.8 Å². The van der Waals surface area contributed by atoms with Gasteiger partial charge in [0.2, 0.25) is 0 Å². The number of alkyl halides is 1. The molecule has 2 atom stereocenters. The zero-order chi connectivity index (χ0) is 11.6. The quantitative estimate of drug-likeness (QED) is 0.736. The van der Waals surface area contributed by atoms with Gasteiger partial charge < -0.3 is 15.3 Å². The van der Waals surface area contributed by atoms with Crippen molar-refractivity contribution < 1.29 is 24.1 Å². The summed E-state index contributed by atoms with van der Waals surface area (Å²) in [5, 5.41) is 27.4. The molecule has 3 N–H and O–H groups in total. The molecule has 0 radical (unpaired) electrons. The first-order valence-electron chi connectivity index (χ1n) is 4.07. The van der Waals surface area contributed by atoms with Crippen molar-refractivity contribution in [3.05, 3.63) is 29.3 Å². The van der Waals surface area contributed by atoms with E-state index in [4.69, 9.17) is 5.11 Å². The number of hydrogen-bond acceptors (Lipinski definition) is 3. The Hall–Kier alpha value is -0.720. The molecule has 6 heteroatoms. The van der Waals surface area contributed by atoms with E-state index in [9.17, 15) is 19.0 Å². The lowest BCUT2D eigenvalue weighted by atomic mass is 10.0. The average Bonchev–Trinajstić information content (AvgIpc) is 2.14. The Bertz CT molecular complexity index is 336. The van der Waals surface area contributed by atoms with Gasteiger partial charge >= 0.3 is 0 Å². The smallest absolute Gasteiger partial charge is 0.135 e. The largest absolute Gasteiger partial charge is 0.508 e. The third-order valence-corrected chi connectivity index (χ3v) is 2.55. The number of aromatic hydroxyl groups is 1. The van der Waals surface area contributed by atoms with Crippen molar-refractivity contribution in [2.75, 3.05) is 5.33 Å². The number of halogens is 3. The van der Waals surface area contributed by atoms with Gasteiger partial charge in [-0.1, -0.05) is 15.9 Å². The van der Waals surface area contributed by atoms with Crippen molar-refractivity contribution in [3.63, 3.8) is 0 Å². The number of phenols is 1. The third-order valence-electron chi connectivity index (χ3n) is 1.88. The summed E-state index contributed by atoms with van der Waals surface area (Å²) in [5.74, 6) is -2.77. The van der Waals surface area contributed by atoms with Crippen LogP contribution in [0.2, 0.25) is 0 Å². The lowest BCUT2D eigenvalue weighted by molar-refractivity contribution is 0.0295. The summed E-state index contributed by atoms with van der Waals surface area (Å²) in [4.78, 5) is 0. The highest BCUT2D eigenvalue weighted by molar-refractivity contribution is 9.09. The molecule has 0 aromatic heterocycles. The van der Waals surface area contributed by atoms with Crippen LogP contribution in [-0.2, 0) is 0 Å². The molecule has 0 bridgehead atoms. The summed E-state index contributed by atoms with van der Waals surface area (Å²) in [5.41, 5.74) is -0.653. The molecule has 0 saturated heterocycles. The van der Waals surface area contributed by atoms with E-state index in [0.29, 0.717) is 12.1 Å². The minimum absolute atomic E-state index is 0.0199. The summed E-state index contributed by atoms with van der Waals surface area (Å²) in [7, 11) is 0. The predicted molar refractivity (Wildman–Crippen MR) is 52.8 cm³/mol. The van der Waals surface area contributed by atoms with Crippen molar-refractivity contribution in [1.29, 1.82) is 0 Å². The van der Waals surface area contributed by atoms with Gasteiger partial charge in [0, 0.05) is 17.5 Å². The predicted octanol–water partition coefficient (Wildman–Crippen LogP) is 1.46. The van der Waals surface area contributed by atoms with Gasteiger partial charge in [0.1, 0.15) is 23.5 Å². The fraction of sp³-hybridized carbons (Fsp3) is 0.333. The van der Waals surface area contributed by atoms with Crippen LogP contribution in [0.5, 0.6) is 5.75 Å². The van der Waals surface area contributed by atoms with Crippen LogP contribution in [0.15, 0.2) is 12.1 Å². The van der Waals surface area contributed by atoms with Gasteiger partial charge in [-0.25, -0.2) is 8.78 Å². The Morgan fingerprint density at radius 2 is 1.67 bits per heavy atom. The minimum Gasteiger partial charge on any atom is -0.508 e. The maximum Gasteiger partial charge on any atom is 0.135 e. The Balaban J connectivity index is 3.13. The molecule has 0 aliphatic carbocycles. The maximum atomic E-state index is 13.2. The number of phenolic OH excluding ortho intramolecular Hbond substituents is 1. The Kier molecular flexibility index (Phi) is 4.01. The molecule has 0 aliphatic heterocycles. The first-order valence-corrected chi connectivity index (χ1v) is 5.19. The molecule has 1 aromatic rings. The molecule has 0 heterocycles. The van der Waals surface area contributed by atoms with Gasteiger partial charge in [-0.3, -0.25) is 0 Å². The topological polar surface area (TPSA) is 60.7 Å². The fourth-order valence-corrected chi connectivity index (χ4v) is 1.48. The summed E-state index contributed by atoms with van der Waals surface area (Å²) in [6.45, 7) is 0. The number of benzene rings is 1. The second-order valence-electron chi connectivity index (χ2n) is 2.99. The van der Waals surface area contributed by atoms with Crippen molar-refractivity contribution in [1.82, 2.24) is 0 Å². The van der Waals surface area contributed by atoms with E-state index in [1.807, 2.05) is 0 Å². The summed E-state index contributed by atoms with van der Waals surface area (Å²) >= 11 is 2.87. The van der Waals surface area contributed by atoms with Gasteiger partial charge in [0.15, 0.2) is 0 Å². The molecule has 1 rings (SSSR count). The molecule has 1 aromatic carbocycles. The number of rotatable bonds is 3. The van der Waals surface area contributed by atoms with Crippen LogP contribution in [0.25, 0.3) is 0 Å². The van der Waals surface area contributed by atoms with Crippen LogP contribution in [0.1, 0.15) is 11.7 Å². The van der Waals surface area contributed by atoms with E-state index in [1.54, 1.807) is 0 Å². The second kappa shape index (κ2) is 4.87. The highest BCUT2D eigenvalue weighted by Gasteiger charge is 2.24. The summed E-state index contributed by atoms with van der Waals surface area (Å²) in [6, 6.07) is 1.34. The molecule has 0 amide bonds. The van der Waals surface area contributed by atoms with Crippen LogP contribution < -0.4 is 0 Å². The Morgan fingerprint density at radius 1 is 1.20 bits per heavy atom. The van der Waals surface area contributed by atoms with Crippen molar-refractivity contribution >= 4 is 15.9 Å². The van der Waals surface area contributed by atoms with Gasteiger partial charge in [-0.15, -0.1) is 0 Å². The molecule has 15 heavy (non-hydrogen) atoms. The van der Waals surface area contributed by atoms with Gasteiger partial charge in [0.25, 0.3) is 0 Å². The highest BCUT2D eigenvalue weighted by atomic mass is 79.9. The molecule has 84 valence electrons. The second-order valence-corrected chi connectivity index (χ2v) is 3.64. The molecule has 0 aliphatic rings. The normalized spacial score (nSPS) is 15.0. The lowest BCUT2D eigenvalue weighted by Gasteiger charge is -2.17. The monoisotopic (exact) mass is 282 g/mol. The minimum atomic E-state index is -1.68. The van der Waals surface area contributed by atoms with Crippen LogP contribution in [0, 0.1) is 11.6 Å². The van der Waals surface area contributed by atoms with E-state index >= 15 is 0 Å². The first kappa shape index (κ1) is 12.4. The molecular formula is C9H9BrF2O3. The highest BCUT2D eigenvalue weighted by Crippen LogP contribution is 2.27. The zero-order valence-corrected chi connectivity index (χ0v) is 9.08. The van der Waals surface area contributed by atoms with Gasteiger partial charge in [-0.05, 0) is 0 Å². The molecule has 0 fully saturated rings. The number of hydrogen-bond donors (Lipinski definition) is 3. The number of aliphatic hydroxyl groups excluding tert-OH is 2. The molecule has 0 saturated carbocycles. The summed E-state index contributed by atoms with van der Waals surface area (Å²) in [6.07, 6.45) is -3.00. The van der Waals surface area contributed by atoms with Crippen molar-refractivity contribution in [2.45, 2.75) is 12.2 Å². The molecular weight excluding hydrogens is 274 g/mol. The van der Waals surface area contributed by atoms with Gasteiger partial charge in [-0.2, -0.15) is 0 Å². The van der Waals surface area contributed by atoms with Crippen molar-refractivity contribution in [2.24, 2.45) is 0 Å². The summed E-state index contributed by atoms with van der Waals surface area (Å²) < 4.78 is 26.3. The van der Waals surface area contributed by atoms with Gasteiger partial charge in [0.05, 0.1) is 11.7 Å². The average molecular weight is 283 g/mol. The molecule has 2 unspecified atom stereocenters. The SMILES string of the molecule is Oc1cc(F)c(C(O)C(O)CBr)c(F)c1. The van der Waals surface area contributed by atoms with Crippen LogP contribution in [0.4, 0.5) is 8.78 Å². The third kappa shape index (κ3) is 2.64. The van der Waals surface area contributed by atoms with E-state index < -0.39 is 35.2 Å².